The molecule has 1 N–H and O–H groups in total. The quantitative estimate of drug-likeness (QED) is 0.704. The van der Waals surface area contributed by atoms with Gasteiger partial charge in [0.05, 0.1) is 7.11 Å². The Balaban J connectivity index is 1.81. The molecule has 4 nitrogen and oxygen atoms in total. The Kier molecular flexibility index (Phi) is 7.33. The van der Waals surface area contributed by atoms with Crippen molar-refractivity contribution in [2.45, 2.75) is 39.2 Å². The van der Waals surface area contributed by atoms with E-state index in [2.05, 4.69) is 11.4 Å². The lowest BCUT2D eigenvalue weighted by Crippen LogP contribution is -2.38. The van der Waals surface area contributed by atoms with E-state index in [1.165, 1.54) is 0 Å². The molecule has 2 rings (SSSR count). The highest BCUT2D eigenvalue weighted by molar-refractivity contribution is 5.81. The maximum Gasteiger partial charge on any atom is 0.261 e. The van der Waals surface area contributed by atoms with E-state index in [4.69, 9.17) is 9.47 Å². The van der Waals surface area contributed by atoms with Gasteiger partial charge in [0.25, 0.3) is 5.91 Å². The first-order valence-corrected chi connectivity index (χ1v) is 8.77. The summed E-state index contributed by atoms with van der Waals surface area (Å²) in [6.07, 6.45) is 1.88. The summed E-state index contributed by atoms with van der Waals surface area (Å²) in [5, 5.41) is 2.98. The molecular formula is C21H27NO3. The second-order valence-electron chi connectivity index (χ2n) is 5.99. The number of carbonyl (C=O) groups is 1. The Labute approximate surface area is 150 Å². The summed E-state index contributed by atoms with van der Waals surface area (Å²) in [5.41, 5.74) is 2.19. The van der Waals surface area contributed by atoms with E-state index < -0.39 is 6.10 Å². The fourth-order valence-corrected chi connectivity index (χ4v) is 2.68. The first-order valence-electron chi connectivity index (χ1n) is 8.77. The molecule has 2 aromatic rings. The average molecular weight is 341 g/mol. The highest BCUT2D eigenvalue weighted by atomic mass is 16.5. The minimum Gasteiger partial charge on any atom is -0.496 e. The van der Waals surface area contributed by atoms with E-state index >= 15 is 0 Å². The van der Waals surface area contributed by atoms with Crippen molar-refractivity contribution in [2.75, 3.05) is 13.7 Å². The van der Waals surface area contributed by atoms with Crippen molar-refractivity contribution in [1.29, 1.82) is 0 Å². The average Bonchev–Trinajstić information content (AvgIpc) is 2.64. The molecule has 4 heteroatoms. The molecule has 1 unspecified atom stereocenters. The van der Waals surface area contributed by atoms with Gasteiger partial charge in [-0.15, -0.1) is 0 Å². The van der Waals surface area contributed by atoms with Gasteiger partial charge in [0.1, 0.15) is 11.5 Å². The van der Waals surface area contributed by atoms with E-state index in [0.29, 0.717) is 13.0 Å². The molecule has 1 atom stereocenters. The molecule has 0 spiro atoms. The number of aryl methyl sites for hydroxylation is 2. The predicted molar refractivity (Wildman–Crippen MR) is 100 cm³/mol. The molecular weight excluding hydrogens is 314 g/mol. The minimum absolute atomic E-state index is 0.0641. The van der Waals surface area contributed by atoms with Gasteiger partial charge in [0.2, 0.25) is 0 Å². The Morgan fingerprint density at radius 3 is 2.44 bits per heavy atom. The molecule has 0 aliphatic carbocycles. The fraction of sp³-hybridized carbons (Fsp3) is 0.381. The first-order chi connectivity index (χ1) is 12.2. The zero-order valence-electron chi connectivity index (χ0n) is 15.2. The van der Waals surface area contributed by atoms with Crippen LogP contribution in [0.15, 0.2) is 48.5 Å². The lowest BCUT2D eigenvalue weighted by atomic mass is 10.1. The topological polar surface area (TPSA) is 47.6 Å². The number of hydrogen-bond acceptors (Lipinski definition) is 3. The Hall–Kier alpha value is -2.49. The van der Waals surface area contributed by atoms with Gasteiger partial charge in [-0.05, 0) is 49.4 Å². The number of benzene rings is 2. The van der Waals surface area contributed by atoms with Gasteiger partial charge in [0.15, 0.2) is 6.10 Å². The summed E-state index contributed by atoms with van der Waals surface area (Å²) >= 11 is 0. The first kappa shape index (κ1) is 18.8. The molecule has 1 amide bonds. The monoisotopic (exact) mass is 341 g/mol. The van der Waals surface area contributed by atoms with Crippen LogP contribution in [0.25, 0.3) is 0 Å². The van der Waals surface area contributed by atoms with Gasteiger partial charge in [-0.25, -0.2) is 0 Å². The van der Waals surface area contributed by atoms with E-state index in [9.17, 15) is 4.79 Å². The van der Waals surface area contributed by atoms with Gasteiger partial charge < -0.3 is 14.8 Å². The number of para-hydroxylation sites is 2. The normalized spacial score (nSPS) is 11.6. The third-order valence-electron chi connectivity index (χ3n) is 4.14. The fourth-order valence-electron chi connectivity index (χ4n) is 2.68. The zero-order valence-corrected chi connectivity index (χ0v) is 15.2. The van der Waals surface area contributed by atoms with Gasteiger partial charge >= 0.3 is 0 Å². The smallest absolute Gasteiger partial charge is 0.261 e. The molecule has 0 heterocycles. The van der Waals surface area contributed by atoms with Crippen molar-refractivity contribution in [1.82, 2.24) is 5.32 Å². The van der Waals surface area contributed by atoms with Crippen LogP contribution in [0.2, 0.25) is 0 Å². The minimum atomic E-state index is -0.465. The number of hydrogen-bond donors (Lipinski definition) is 1. The van der Waals surface area contributed by atoms with E-state index in [1.54, 1.807) is 7.11 Å². The Morgan fingerprint density at radius 2 is 1.76 bits per heavy atom. The van der Waals surface area contributed by atoms with Crippen LogP contribution in [0, 0.1) is 6.92 Å². The maximum absolute atomic E-state index is 12.4. The van der Waals surface area contributed by atoms with Crippen molar-refractivity contribution in [3.8, 4) is 11.5 Å². The van der Waals surface area contributed by atoms with Gasteiger partial charge in [-0.1, -0.05) is 43.3 Å². The third kappa shape index (κ3) is 5.52. The lowest BCUT2D eigenvalue weighted by Gasteiger charge is -2.18. The SMILES string of the molecule is CCC(Oc1ccccc1C)C(=O)NCCCc1ccccc1OC. The van der Waals surface area contributed by atoms with Crippen LogP contribution in [0.4, 0.5) is 0 Å². The van der Waals surface area contributed by atoms with Gasteiger partial charge in [0, 0.05) is 6.54 Å². The molecule has 0 saturated carbocycles. The highest BCUT2D eigenvalue weighted by Gasteiger charge is 2.18. The second-order valence-corrected chi connectivity index (χ2v) is 5.99. The second kappa shape index (κ2) is 9.72. The van der Waals surface area contributed by atoms with Gasteiger partial charge in [-0.3, -0.25) is 4.79 Å². The van der Waals surface area contributed by atoms with Crippen molar-refractivity contribution in [3.63, 3.8) is 0 Å². The van der Waals surface area contributed by atoms with Crippen LogP contribution in [0.5, 0.6) is 11.5 Å². The number of carbonyl (C=O) groups excluding carboxylic acids is 1. The Morgan fingerprint density at radius 1 is 1.08 bits per heavy atom. The molecule has 134 valence electrons. The van der Waals surface area contributed by atoms with E-state index in [1.807, 2.05) is 56.3 Å². The van der Waals surface area contributed by atoms with Crippen molar-refractivity contribution >= 4 is 5.91 Å². The summed E-state index contributed by atoms with van der Waals surface area (Å²) < 4.78 is 11.2. The third-order valence-corrected chi connectivity index (χ3v) is 4.14. The number of nitrogens with one attached hydrogen (secondary N) is 1. The Bertz CT molecular complexity index is 684. The molecule has 0 bridgehead atoms. The van der Waals surface area contributed by atoms with E-state index in [0.717, 1.165) is 35.5 Å². The summed E-state index contributed by atoms with van der Waals surface area (Å²) in [7, 11) is 1.68. The number of methoxy groups -OCH3 is 1. The standard InChI is InChI=1S/C21H27NO3/c1-4-18(25-19-13-7-5-10-16(19)2)21(23)22-15-9-12-17-11-6-8-14-20(17)24-3/h5-8,10-11,13-14,18H,4,9,12,15H2,1-3H3,(H,22,23). The van der Waals surface area contributed by atoms with Crippen molar-refractivity contribution in [2.24, 2.45) is 0 Å². The van der Waals surface area contributed by atoms with Crippen molar-refractivity contribution < 1.29 is 14.3 Å². The van der Waals surface area contributed by atoms with Crippen LogP contribution in [0.3, 0.4) is 0 Å². The van der Waals surface area contributed by atoms with E-state index in [-0.39, 0.29) is 5.91 Å². The number of amides is 1. The number of rotatable bonds is 9. The van der Waals surface area contributed by atoms with Crippen molar-refractivity contribution in [3.05, 3.63) is 59.7 Å². The molecule has 2 aromatic carbocycles. The van der Waals surface area contributed by atoms with Crippen LogP contribution in [-0.4, -0.2) is 25.7 Å². The summed E-state index contributed by atoms with van der Waals surface area (Å²) in [6, 6.07) is 15.7. The van der Waals surface area contributed by atoms with Gasteiger partial charge in [-0.2, -0.15) is 0 Å². The lowest BCUT2D eigenvalue weighted by molar-refractivity contribution is -0.128. The van der Waals surface area contributed by atoms with Crippen LogP contribution in [-0.2, 0) is 11.2 Å². The van der Waals surface area contributed by atoms with Crippen LogP contribution in [0.1, 0.15) is 30.9 Å². The molecule has 0 aromatic heterocycles. The number of ether oxygens (including phenoxy) is 2. The molecule has 25 heavy (non-hydrogen) atoms. The van der Waals surface area contributed by atoms with Crippen LogP contribution >= 0.6 is 0 Å². The van der Waals surface area contributed by atoms with Crippen LogP contribution < -0.4 is 14.8 Å². The molecule has 0 fully saturated rings. The molecule has 0 radical (unpaired) electrons. The summed E-state index contributed by atoms with van der Waals surface area (Å²) in [4.78, 5) is 12.4. The maximum atomic E-state index is 12.4. The molecule has 0 saturated heterocycles. The molecule has 0 aliphatic heterocycles. The molecule has 0 aliphatic rings. The summed E-state index contributed by atoms with van der Waals surface area (Å²) in [6.45, 7) is 4.55. The predicted octanol–water partition coefficient (Wildman–Crippen LogP) is 3.91. The zero-order chi connectivity index (χ0) is 18.1. The highest BCUT2D eigenvalue weighted by Crippen LogP contribution is 2.20. The largest absolute Gasteiger partial charge is 0.496 e. The summed E-state index contributed by atoms with van der Waals surface area (Å²) in [5.74, 6) is 1.59.